The standard InChI is InChI=1S/C22H16O/c1-13-11-19-20-12-14(2)16-8-4-6-10-18(16)22(20)23-21(19)17-9-5-3-7-15(13)17/h3-12H,1-2H3. The van der Waals surface area contributed by atoms with E-state index in [9.17, 15) is 0 Å². The first-order valence-electron chi connectivity index (χ1n) is 7.97. The summed E-state index contributed by atoms with van der Waals surface area (Å²) < 4.78 is 6.39. The minimum Gasteiger partial charge on any atom is -0.455 e. The van der Waals surface area contributed by atoms with E-state index in [1.54, 1.807) is 0 Å². The van der Waals surface area contributed by atoms with Crippen LogP contribution in [0.15, 0.2) is 65.1 Å². The van der Waals surface area contributed by atoms with Gasteiger partial charge in [0, 0.05) is 21.5 Å². The molecule has 0 unspecified atom stereocenters. The molecule has 1 heterocycles. The molecule has 0 radical (unpaired) electrons. The lowest BCUT2D eigenvalue weighted by molar-refractivity contribution is 0.676. The van der Waals surface area contributed by atoms with Gasteiger partial charge in [0.15, 0.2) is 0 Å². The first-order chi connectivity index (χ1) is 11.2. The number of rotatable bonds is 0. The normalized spacial score (nSPS) is 11.9. The van der Waals surface area contributed by atoms with E-state index >= 15 is 0 Å². The molecule has 23 heavy (non-hydrogen) atoms. The Morgan fingerprint density at radius 3 is 1.35 bits per heavy atom. The van der Waals surface area contributed by atoms with Gasteiger partial charge in [-0.2, -0.15) is 0 Å². The van der Waals surface area contributed by atoms with Gasteiger partial charge >= 0.3 is 0 Å². The molecule has 0 fully saturated rings. The summed E-state index contributed by atoms with van der Waals surface area (Å²) in [5.41, 5.74) is 4.58. The van der Waals surface area contributed by atoms with Crippen molar-refractivity contribution in [1.29, 1.82) is 0 Å². The fourth-order valence-corrected chi connectivity index (χ4v) is 3.78. The largest absolute Gasteiger partial charge is 0.455 e. The molecule has 0 saturated heterocycles. The van der Waals surface area contributed by atoms with Crippen molar-refractivity contribution in [1.82, 2.24) is 0 Å². The predicted octanol–water partition coefficient (Wildman–Crippen LogP) is 6.51. The second-order valence-electron chi connectivity index (χ2n) is 6.33. The zero-order chi connectivity index (χ0) is 15.6. The Labute approximate surface area is 134 Å². The van der Waals surface area contributed by atoms with Gasteiger partial charge in [-0.05, 0) is 47.9 Å². The maximum Gasteiger partial charge on any atom is 0.143 e. The summed E-state index contributed by atoms with van der Waals surface area (Å²) in [6, 6.07) is 21.5. The quantitative estimate of drug-likeness (QED) is 0.317. The predicted molar refractivity (Wildman–Crippen MR) is 98.2 cm³/mol. The Hall–Kier alpha value is -2.80. The van der Waals surface area contributed by atoms with E-state index in [1.807, 2.05) is 0 Å². The second kappa shape index (κ2) is 4.36. The van der Waals surface area contributed by atoms with Crippen molar-refractivity contribution >= 4 is 43.5 Å². The molecule has 5 aromatic rings. The van der Waals surface area contributed by atoms with Crippen molar-refractivity contribution in [3.63, 3.8) is 0 Å². The van der Waals surface area contributed by atoms with E-state index < -0.39 is 0 Å². The third-order valence-corrected chi connectivity index (χ3v) is 4.90. The number of benzene rings is 4. The van der Waals surface area contributed by atoms with E-state index in [4.69, 9.17) is 4.42 Å². The highest BCUT2D eigenvalue weighted by Gasteiger charge is 2.15. The summed E-state index contributed by atoms with van der Waals surface area (Å²) in [7, 11) is 0. The molecule has 0 aliphatic carbocycles. The lowest BCUT2D eigenvalue weighted by Gasteiger charge is -2.03. The molecule has 110 valence electrons. The van der Waals surface area contributed by atoms with Crippen molar-refractivity contribution in [2.45, 2.75) is 13.8 Å². The Kier molecular flexibility index (Phi) is 2.41. The molecule has 0 atom stereocenters. The Balaban J connectivity index is 2.12. The molecule has 0 spiro atoms. The topological polar surface area (TPSA) is 13.1 Å². The summed E-state index contributed by atoms with van der Waals surface area (Å²) in [5, 5.41) is 7.34. The highest BCUT2D eigenvalue weighted by atomic mass is 16.3. The molecule has 1 heteroatoms. The summed E-state index contributed by atoms with van der Waals surface area (Å²) in [6.07, 6.45) is 0. The SMILES string of the molecule is Cc1cc2c3cc(C)c4ccccc4c3oc2c2ccccc12. The Bertz CT molecular complexity index is 1130. The van der Waals surface area contributed by atoms with Gasteiger partial charge in [0.05, 0.1) is 0 Å². The molecule has 5 rings (SSSR count). The van der Waals surface area contributed by atoms with Gasteiger partial charge in [-0.3, -0.25) is 0 Å². The monoisotopic (exact) mass is 296 g/mol. The minimum atomic E-state index is 0.997. The first-order valence-corrected chi connectivity index (χ1v) is 7.97. The Morgan fingerprint density at radius 2 is 0.913 bits per heavy atom. The molecular formula is C22H16O. The maximum absolute atomic E-state index is 6.39. The molecule has 0 N–H and O–H groups in total. The molecule has 0 amide bonds. The van der Waals surface area contributed by atoms with Crippen LogP contribution in [0.3, 0.4) is 0 Å². The van der Waals surface area contributed by atoms with Crippen LogP contribution in [-0.4, -0.2) is 0 Å². The number of furan rings is 1. The van der Waals surface area contributed by atoms with Crippen molar-refractivity contribution in [2.24, 2.45) is 0 Å². The van der Waals surface area contributed by atoms with Crippen LogP contribution in [0.5, 0.6) is 0 Å². The first kappa shape index (κ1) is 12.7. The fraction of sp³-hybridized carbons (Fsp3) is 0.0909. The van der Waals surface area contributed by atoms with Crippen LogP contribution in [0.4, 0.5) is 0 Å². The van der Waals surface area contributed by atoms with Crippen LogP contribution in [0.1, 0.15) is 11.1 Å². The Morgan fingerprint density at radius 1 is 0.522 bits per heavy atom. The van der Waals surface area contributed by atoms with Crippen LogP contribution < -0.4 is 0 Å². The van der Waals surface area contributed by atoms with Crippen LogP contribution in [0.25, 0.3) is 43.5 Å². The minimum absolute atomic E-state index is 0.997. The number of fused-ring (bicyclic) bond motifs is 7. The number of aryl methyl sites for hydroxylation is 2. The molecule has 0 saturated carbocycles. The third-order valence-electron chi connectivity index (χ3n) is 4.90. The molecule has 4 aromatic carbocycles. The second-order valence-corrected chi connectivity index (χ2v) is 6.33. The summed E-state index contributed by atoms with van der Waals surface area (Å²) >= 11 is 0. The van der Waals surface area contributed by atoms with Gasteiger partial charge in [-0.1, -0.05) is 48.5 Å². The van der Waals surface area contributed by atoms with Gasteiger partial charge in [0.1, 0.15) is 11.2 Å². The molecule has 1 aromatic heterocycles. The molecular weight excluding hydrogens is 280 g/mol. The summed E-state index contributed by atoms with van der Waals surface area (Å²) in [5.74, 6) is 0. The van der Waals surface area contributed by atoms with Gasteiger partial charge in [-0.25, -0.2) is 0 Å². The average molecular weight is 296 g/mol. The van der Waals surface area contributed by atoms with Crippen molar-refractivity contribution in [3.05, 3.63) is 71.8 Å². The van der Waals surface area contributed by atoms with Crippen molar-refractivity contribution < 1.29 is 4.42 Å². The summed E-state index contributed by atoms with van der Waals surface area (Å²) in [6.45, 7) is 4.35. The lowest BCUT2D eigenvalue weighted by atomic mass is 9.98. The lowest BCUT2D eigenvalue weighted by Crippen LogP contribution is -1.80. The summed E-state index contributed by atoms with van der Waals surface area (Å²) in [4.78, 5) is 0. The third kappa shape index (κ3) is 1.62. The van der Waals surface area contributed by atoms with E-state index in [0.29, 0.717) is 0 Å². The fourth-order valence-electron chi connectivity index (χ4n) is 3.78. The van der Waals surface area contributed by atoms with Crippen LogP contribution in [-0.2, 0) is 0 Å². The average Bonchev–Trinajstić information content (AvgIpc) is 2.95. The van der Waals surface area contributed by atoms with Gasteiger partial charge in [0.2, 0.25) is 0 Å². The molecule has 1 nitrogen and oxygen atoms in total. The van der Waals surface area contributed by atoms with Gasteiger partial charge < -0.3 is 4.42 Å². The highest BCUT2D eigenvalue weighted by molar-refractivity contribution is 6.21. The zero-order valence-corrected chi connectivity index (χ0v) is 13.2. The molecule has 0 bridgehead atoms. The number of hydrogen-bond acceptors (Lipinski definition) is 1. The van der Waals surface area contributed by atoms with Crippen LogP contribution in [0.2, 0.25) is 0 Å². The number of hydrogen-bond donors (Lipinski definition) is 0. The van der Waals surface area contributed by atoms with E-state index in [2.05, 4.69) is 74.5 Å². The van der Waals surface area contributed by atoms with Crippen molar-refractivity contribution in [3.8, 4) is 0 Å². The highest BCUT2D eigenvalue weighted by Crippen LogP contribution is 2.39. The van der Waals surface area contributed by atoms with E-state index in [-0.39, 0.29) is 0 Å². The van der Waals surface area contributed by atoms with E-state index in [1.165, 1.54) is 43.4 Å². The maximum atomic E-state index is 6.39. The van der Waals surface area contributed by atoms with E-state index in [0.717, 1.165) is 11.2 Å². The molecule has 0 aliphatic rings. The van der Waals surface area contributed by atoms with Crippen molar-refractivity contribution in [2.75, 3.05) is 0 Å². The van der Waals surface area contributed by atoms with Crippen LogP contribution >= 0.6 is 0 Å². The zero-order valence-electron chi connectivity index (χ0n) is 13.2. The van der Waals surface area contributed by atoms with Gasteiger partial charge in [-0.15, -0.1) is 0 Å². The van der Waals surface area contributed by atoms with Gasteiger partial charge in [0.25, 0.3) is 0 Å². The smallest absolute Gasteiger partial charge is 0.143 e. The molecule has 0 aliphatic heterocycles. The van der Waals surface area contributed by atoms with Crippen LogP contribution in [0, 0.1) is 13.8 Å².